The summed E-state index contributed by atoms with van der Waals surface area (Å²) in [7, 11) is 1.65. The second-order valence-electron chi connectivity index (χ2n) is 9.22. The van der Waals surface area contributed by atoms with Gasteiger partial charge in [-0.3, -0.25) is 4.90 Å². The van der Waals surface area contributed by atoms with E-state index < -0.39 is 0 Å². The molecule has 0 saturated carbocycles. The molecule has 0 N–H and O–H groups in total. The molecule has 4 nitrogen and oxygen atoms in total. The topological polar surface area (TPSA) is 30.9 Å². The maximum absolute atomic E-state index is 14.0. The number of halogens is 2. The summed E-state index contributed by atoms with van der Waals surface area (Å²) in [5, 5.41) is 1.91. The van der Waals surface area contributed by atoms with E-state index in [-0.39, 0.29) is 18.2 Å². The smallest absolute Gasteiger partial charge is 0.143 e. The van der Waals surface area contributed by atoms with Gasteiger partial charge in [0, 0.05) is 17.5 Å². The van der Waals surface area contributed by atoms with Gasteiger partial charge in [0.25, 0.3) is 0 Å². The molecule has 5 rings (SSSR count). The maximum atomic E-state index is 14.0. The predicted octanol–water partition coefficient (Wildman–Crippen LogP) is 8.12. The lowest BCUT2D eigenvalue weighted by molar-refractivity contribution is 0.214. The third-order valence-corrected chi connectivity index (χ3v) is 6.73. The molecular weight excluding hydrogens is 489 g/mol. The summed E-state index contributed by atoms with van der Waals surface area (Å²) in [4.78, 5) is 2.49. The number of methoxy groups -OCH3 is 1. The van der Waals surface area contributed by atoms with Gasteiger partial charge in [0.2, 0.25) is 0 Å². The van der Waals surface area contributed by atoms with Gasteiger partial charge in [0.15, 0.2) is 0 Å². The molecule has 0 amide bonds. The second-order valence-corrected chi connectivity index (χ2v) is 9.22. The summed E-state index contributed by atoms with van der Waals surface area (Å²) >= 11 is 0. The van der Waals surface area contributed by atoms with Crippen molar-refractivity contribution in [2.24, 2.45) is 0 Å². The first-order valence-corrected chi connectivity index (χ1v) is 12.7. The number of nitrogens with zero attached hydrogens (tertiary/aromatic N) is 1. The number of likely N-dealkylation sites (tertiary alicyclic amines) is 1. The second kappa shape index (κ2) is 12.8. The van der Waals surface area contributed by atoms with Crippen LogP contribution in [-0.2, 0) is 0 Å². The molecule has 194 valence electrons. The first-order valence-electron chi connectivity index (χ1n) is 12.7. The third-order valence-electron chi connectivity index (χ3n) is 6.73. The number of fused-ring (bicyclic) bond motifs is 1. The highest BCUT2D eigenvalue weighted by atomic mass is 35.5. The minimum atomic E-state index is -0.282. The van der Waals surface area contributed by atoms with E-state index in [1.807, 2.05) is 60.7 Å². The largest absolute Gasteiger partial charge is 0.497 e. The van der Waals surface area contributed by atoms with E-state index in [4.69, 9.17) is 14.2 Å². The molecule has 1 aliphatic heterocycles. The van der Waals surface area contributed by atoms with E-state index in [9.17, 15) is 4.39 Å². The molecule has 1 aliphatic rings. The fourth-order valence-corrected chi connectivity index (χ4v) is 4.77. The molecule has 0 bridgehead atoms. The molecule has 0 aromatic heterocycles. The highest BCUT2D eigenvalue weighted by Gasteiger charge is 2.14. The molecule has 37 heavy (non-hydrogen) atoms. The van der Waals surface area contributed by atoms with Crippen LogP contribution in [0.5, 0.6) is 23.0 Å². The molecule has 4 aromatic rings. The fraction of sp³-hybridized carbons (Fsp3) is 0.290. The van der Waals surface area contributed by atoms with Crippen molar-refractivity contribution < 1.29 is 18.6 Å². The Morgan fingerprint density at radius 2 is 1.51 bits per heavy atom. The Labute approximate surface area is 224 Å². The van der Waals surface area contributed by atoms with Gasteiger partial charge in [-0.1, -0.05) is 31.0 Å². The van der Waals surface area contributed by atoms with Crippen molar-refractivity contribution in [1.29, 1.82) is 0 Å². The Hall–Kier alpha value is -3.28. The van der Waals surface area contributed by atoms with E-state index >= 15 is 0 Å². The van der Waals surface area contributed by atoms with Gasteiger partial charge in [-0.05, 0) is 97.5 Å². The average Bonchev–Trinajstić information content (AvgIpc) is 3.18. The van der Waals surface area contributed by atoms with Crippen LogP contribution in [0, 0.1) is 5.82 Å². The lowest BCUT2D eigenvalue weighted by atomic mass is 9.99. The normalized spacial score (nSPS) is 14.0. The van der Waals surface area contributed by atoms with Crippen molar-refractivity contribution in [3.05, 3.63) is 84.7 Å². The molecule has 0 unspecified atom stereocenters. The maximum Gasteiger partial charge on any atom is 0.143 e. The van der Waals surface area contributed by atoms with Crippen molar-refractivity contribution in [3.63, 3.8) is 0 Å². The van der Waals surface area contributed by atoms with Gasteiger partial charge in [0.1, 0.15) is 35.4 Å². The monoisotopic (exact) mass is 521 g/mol. The van der Waals surface area contributed by atoms with Crippen LogP contribution in [0.25, 0.3) is 21.9 Å². The van der Waals surface area contributed by atoms with Crippen LogP contribution < -0.4 is 14.2 Å². The molecule has 1 heterocycles. The van der Waals surface area contributed by atoms with Crippen LogP contribution in [-0.4, -0.2) is 38.3 Å². The van der Waals surface area contributed by atoms with Gasteiger partial charge in [-0.25, -0.2) is 4.39 Å². The zero-order chi connectivity index (χ0) is 24.7. The Morgan fingerprint density at radius 1 is 0.784 bits per heavy atom. The number of rotatable bonds is 8. The van der Waals surface area contributed by atoms with Crippen LogP contribution in [0.3, 0.4) is 0 Å². The van der Waals surface area contributed by atoms with E-state index in [0.29, 0.717) is 18.1 Å². The molecular formula is C31H33ClFNO3. The quantitative estimate of drug-likeness (QED) is 0.234. The summed E-state index contributed by atoms with van der Waals surface area (Å²) in [6.07, 6.45) is 5.24. The van der Waals surface area contributed by atoms with Crippen LogP contribution in [0.1, 0.15) is 25.7 Å². The minimum absolute atomic E-state index is 0. The first kappa shape index (κ1) is 26.8. The van der Waals surface area contributed by atoms with Crippen LogP contribution in [0.15, 0.2) is 78.9 Å². The first-order chi connectivity index (χ1) is 17.7. The predicted molar refractivity (Wildman–Crippen MR) is 150 cm³/mol. The van der Waals surface area contributed by atoms with Gasteiger partial charge in [-0.15, -0.1) is 12.4 Å². The lowest BCUT2D eigenvalue weighted by Gasteiger charge is -2.19. The van der Waals surface area contributed by atoms with E-state index in [1.165, 1.54) is 50.9 Å². The van der Waals surface area contributed by atoms with Crippen molar-refractivity contribution in [2.45, 2.75) is 25.7 Å². The lowest BCUT2D eigenvalue weighted by Crippen LogP contribution is -2.29. The molecule has 4 aromatic carbocycles. The van der Waals surface area contributed by atoms with Gasteiger partial charge < -0.3 is 14.2 Å². The van der Waals surface area contributed by atoms with E-state index in [0.717, 1.165) is 39.9 Å². The van der Waals surface area contributed by atoms with E-state index in [2.05, 4.69) is 4.90 Å². The van der Waals surface area contributed by atoms with Crippen molar-refractivity contribution in [2.75, 3.05) is 33.4 Å². The number of ether oxygens (including phenoxy) is 3. The van der Waals surface area contributed by atoms with Gasteiger partial charge in [0.05, 0.1) is 7.11 Å². The number of hydrogen-bond donors (Lipinski definition) is 0. The zero-order valence-corrected chi connectivity index (χ0v) is 21.9. The fourth-order valence-electron chi connectivity index (χ4n) is 4.77. The Bertz CT molecular complexity index is 1300. The molecule has 1 saturated heterocycles. The molecule has 6 heteroatoms. The average molecular weight is 522 g/mol. The number of hydrogen-bond acceptors (Lipinski definition) is 4. The summed E-state index contributed by atoms with van der Waals surface area (Å²) in [6, 6.07) is 24.1. The SMILES string of the molecule is COc1ccc2c(Oc3ccc(OCCN4CCCCCC4)cc3)c(-c3cccc(F)c3)ccc2c1.Cl. The Balaban J connectivity index is 0.00000320. The number of benzene rings is 4. The highest BCUT2D eigenvalue weighted by molar-refractivity contribution is 5.96. The van der Waals surface area contributed by atoms with Crippen molar-refractivity contribution >= 4 is 23.2 Å². The van der Waals surface area contributed by atoms with Crippen molar-refractivity contribution in [3.8, 4) is 34.1 Å². The highest BCUT2D eigenvalue weighted by Crippen LogP contribution is 2.41. The summed E-state index contributed by atoms with van der Waals surface area (Å²) < 4.78 is 31.9. The van der Waals surface area contributed by atoms with Gasteiger partial charge in [-0.2, -0.15) is 0 Å². The zero-order valence-electron chi connectivity index (χ0n) is 21.1. The standard InChI is InChI=1S/C31H32FNO3.ClH/c1-34-28-14-16-30-24(22-28)9-15-29(23-7-6-8-25(32)21-23)31(30)36-27-12-10-26(11-13-27)35-20-19-33-17-4-2-3-5-18-33;/h6-16,21-22H,2-5,17-20H2,1H3;1H. The van der Waals surface area contributed by atoms with Crippen LogP contribution >= 0.6 is 12.4 Å². The summed E-state index contributed by atoms with van der Waals surface area (Å²) in [5.41, 5.74) is 1.58. The molecule has 1 fully saturated rings. The molecule has 0 radical (unpaired) electrons. The summed E-state index contributed by atoms with van der Waals surface area (Å²) in [5.74, 6) is 2.68. The molecule has 0 spiro atoms. The summed E-state index contributed by atoms with van der Waals surface area (Å²) in [6.45, 7) is 3.96. The van der Waals surface area contributed by atoms with Gasteiger partial charge >= 0.3 is 0 Å². The van der Waals surface area contributed by atoms with E-state index in [1.54, 1.807) is 13.2 Å². The van der Waals surface area contributed by atoms with Crippen LogP contribution in [0.2, 0.25) is 0 Å². The Morgan fingerprint density at radius 3 is 2.24 bits per heavy atom. The third kappa shape index (κ3) is 6.73. The molecule has 0 atom stereocenters. The molecule has 0 aliphatic carbocycles. The Kier molecular flexibility index (Phi) is 9.26. The minimum Gasteiger partial charge on any atom is -0.497 e. The van der Waals surface area contributed by atoms with Crippen LogP contribution in [0.4, 0.5) is 4.39 Å². The van der Waals surface area contributed by atoms with Crippen molar-refractivity contribution in [1.82, 2.24) is 4.90 Å².